The first-order chi connectivity index (χ1) is 16.8. The normalized spacial score (nSPS) is 31.6. The number of hydrogen-bond acceptors (Lipinski definition) is 6. The van der Waals surface area contributed by atoms with E-state index in [1.807, 2.05) is 0 Å². The molecular weight excluding hydrogens is 450 g/mol. The molecule has 3 aromatic rings. The summed E-state index contributed by atoms with van der Waals surface area (Å²) in [5.74, 6) is 2.08. The van der Waals surface area contributed by atoms with Gasteiger partial charge in [-0.15, -0.1) is 0 Å². The first kappa shape index (κ1) is 20.7. The molecule has 6 atom stereocenters. The van der Waals surface area contributed by atoms with Crippen molar-refractivity contribution >= 4 is 33.4 Å². The number of H-pyrrole nitrogens is 1. The fourth-order valence-electron chi connectivity index (χ4n) is 7.90. The van der Waals surface area contributed by atoms with E-state index in [1.165, 1.54) is 33.8 Å². The largest absolute Gasteiger partial charge is 0.288 e. The summed E-state index contributed by atoms with van der Waals surface area (Å²) in [5.41, 5.74) is -1.90. The molecular formula is C26H23N3O6. The number of imide groups is 1. The van der Waals surface area contributed by atoms with Crippen LogP contribution in [0.25, 0.3) is 21.5 Å². The van der Waals surface area contributed by atoms with Gasteiger partial charge in [0.15, 0.2) is 0 Å². The fraction of sp³-hybridized carbons (Fsp3) is 0.462. The lowest BCUT2D eigenvalue weighted by Gasteiger charge is -2.31. The predicted octanol–water partition coefficient (Wildman–Crippen LogP) is 0.662. The minimum absolute atomic E-state index is 0.140. The number of carbonyl (C=O) groups is 2. The zero-order valence-corrected chi connectivity index (χ0v) is 18.9. The number of carbonyl (C=O) groups excluding carboxylic acids is 2. The zero-order valence-electron chi connectivity index (χ0n) is 18.9. The summed E-state index contributed by atoms with van der Waals surface area (Å²) in [5, 5.41) is 0.659. The number of fused-ring (bicyclic) bond motifs is 7. The Hall–Kier alpha value is -3.62. The van der Waals surface area contributed by atoms with Crippen molar-refractivity contribution in [3.63, 3.8) is 0 Å². The first-order valence-corrected chi connectivity index (χ1v) is 12.2. The Bertz CT molecular complexity index is 1590. The highest BCUT2D eigenvalue weighted by molar-refractivity contribution is 6.12. The van der Waals surface area contributed by atoms with E-state index >= 15 is 0 Å². The molecule has 9 heteroatoms. The van der Waals surface area contributed by atoms with Gasteiger partial charge in [0.2, 0.25) is 0 Å². The van der Waals surface area contributed by atoms with Crippen LogP contribution in [-0.2, 0) is 16.1 Å². The minimum atomic E-state index is -0.547. The molecule has 6 unspecified atom stereocenters. The Morgan fingerprint density at radius 1 is 0.686 bits per heavy atom. The Kier molecular flexibility index (Phi) is 4.12. The van der Waals surface area contributed by atoms with Crippen LogP contribution in [0, 0.1) is 35.5 Å². The van der Waals surface area contributed by atoms with Gasteiger partial charge in [0.05, 0.1) is 21.5 Å². The second-order valence-electron chi connectivity index (χ2n) is 10.9. The number of hydrogen-bond donors (Lipinski definition) is 1. The van der Waals surface area contributed by atoms with Crippen molar-refractivity contribution in [2.45, 2.75) is 32.2 Å². The summed E-state index contributed by atoms with van der Waals surface area (Å²) in [7, 11) is 0. The van der Waals surface area contributed by atoms with Gasteiger partial charge in [-0.25, -0.2) is 0 Å². The maximum Gasteiger partial charge on any atom is 0.261 e. The molecule has 3 saturated carbocycles. The van der Waals surface area contributed by atoms with Gasteiger partial charge in [-0.3, -0.25) is 43.2 Å². The van der Waals surface area contributed by atoms with E-state index in [-0.39, 0.29) is 39.3 Å². The molecule has 3 aliphatic carbocycles. The fourth-order valence-corrected chi connectivity index (χ4v) is 7.90. The van der Waals surface area contributed by atoms with Gasteiger partial charge in [-0.2, -0.15) is 0 Å². The zero-order chi connectivity index (χ0) is 24.2. The quantitative estimate of drug-likeness (QED) is 0.555. The average Bonchev–Trinajstić information content (AvgIpc) is 3.65. The van der Waals surface area contributed by atoms with Gasteiger partial charge in [-0.1, -0.05) is 0 Å². The molecule has 2 amide bonds. The number of amides is 2. The standard InChI is InChI=1S/C26H23N3O6/c30-21-1-2-22(31)28(21)9-11-3-14-12-5-13(15(6-12)16(14)4-11)10-29-25(34)19-7-17-18(8-20(19)26(29)35)24(33)27-23(17)32/h1-2,7-8,11-16H,3-6,9-10H2,(H,27,32,33). The molecule has 3 heterocycles. The van der Waals surface area contributed by atoms with Crippen LogP contribution in [0.5, 0.6) is 0 Å². The van der Waals surface area contributed by atoms with E-state index in [2.05, 4.69) is 4.98 Å². The smallest absolute Gasteiger partial charge is 0.261 e. The SMILES string of the molecule is O=C1C=CC(=O)N1CC1CC2C3CC(Cn4c(=O)c5cc6c(=O)[nH]c(=O)c6cc5c4=O)C(C3)C2C1. The molecule has 35 heavy (non-hydrogen) atoms. The predicted molar refractivity (Wildman–Crippen MR) is 127 cm³/mol. The topological polar surface area (TPSA) is 126 Å². The number of benzene rings is 1. The van der Waals surface area contributed by atoms with Crippen LogP contribution in [0.4, 0.5) is 0 Å². The van der Waals surface area contributed by atoms with E-state index in [1.54, 1.807) is 0 Å². The average molecular weight is 473 g/mol. The molecule has 4 aliphatic rings. The van der Waals surface area contributed by atoms with E-state index in [9.17, 15) is 28.8 Å². The van der Waals surface area contributed by atoms with Crippen molar-refractivity contribution in [1.29, 1.82) is 0 Å². The Morgan fingerprint density at radius 3 is 1.91 bits per heavy atom. The molecule has 9 nitrogen and oxygen atoms in total. The van der Waals surface area contributed by atoms with E-state index in [4.69, 9.17) is 0 Å². The lowest BCUT2D eigenvalue weighted by atomic mass is 9.75. The highest BCUT2D eigenvalue weighted by atomic mass is 16.2. The van der Waals surface area contributed by atoms with Crippen molar-refractivity contribution in [2.75, 3.05) is 6.54 Å². The lowest BCUT2D eigenvalue weighted by Crippen LogP contribution is -2.34. The summed E-state index contributed by atoms with van der Waals surface area (Å²) in [6.45, 7) is 0.816. The van der Waals surface area contributed by atoms with Crippen LogP contribution in [0.2, 0.25) is 0 Å². The number of aromatic amines is 1. The Balaban J connectivity index is 1.14. The second kappa shape index (κ2) is 6.96. The number of nitrogens with zero attached hydrogens (tertiary/aromatic N) is 2. The van der Waals surface area contributed by atoms with Crippen molar-refractivity contribution in [3.8, 4) is 0 Å². The van der Waals surface area contributed by atoms with Crippen LogP contribution in [0.15, 0.2) is 43.5 Å². The molecule has 3 fully saturated rings. The van der Waals surface area contributed by atoms with Gasteiger partial charge in [0.1, 0.15) is 0 Å². The van der Waals surface area contributed by atoms with Gasteiger partial charge >= 0.3 is 0 Å². The molecule has 2 bridgehead atoms. The molecule has 2 aromatic heterocycles. The number of aromatic nitrogens is 2. The monoisotopic (exact) mass is 473 g/mol. The van der Waals surface area contributed by atoms with Crippen LogP contribution in [0.1, 0.15) is 25.7 Å². The van der Waals surface area contributed by atoms with Gasteiger partial charge in [0.25, 0.3) is 34.1 Å². The van der Waals surface area contributed by atoms with Gasteiger partial charge < -0.3 is 0 Å². The molecule has 1 aromatic carbocycles. The summed E-state index contributed by atoms with van der Waals surface area (Å²) in [4.78, 5) is 77.8. The summed E-state index contributed by atoms with van der Waals surface area (Å²) >= 11 is 0. The van der Waals surface area contributed by atoms with E-state index in [0.717, 1.165) is 25.7 Å². The van der Waals surface area contributed by atoms with Gasteiger partial charge in [0, 0.05) is 25.2 Å². The highest BCUT2D eigenvalue weighted by Crippen LogP contribution is 2.62. The van der Waals surface area contributed by atoms with Crippen molar-refractivity contribution in [2.24, 2.45) is 35.5 Å². The van der Waals surface area contributed by atoms with Crippen LogP contribution < -0.4 is 22.2 Å². The minimum Gasteiger partial charge on any atom is -0.288 e. The van der Waals surface area contributed by atoms with Crippen molar-refractivity contribution in [1.82, 2.24) is 14.5 Å². The number of nitrogens with one attached hydrogen (secondary N) is 1. The van der Waals surface area contributed by atoms with E-state index < -0.39 is 22.2 Å². The number of rotatable bonds is 4. The molecule has 0 saturated heterocycles. The highest BCUT2D eigenvalue weighted by Gasteiger charge is 2.56. The molecule has 178 valence electrons. The summed E-state index contributed by atoms with van der Waals surface area (Å²) < 4.78 is 1.29. The van der Waals surface area contributed by atoms with Gasteiger partial charge in [-0.05, 0) is 73.3 Å². The maximum absolute atomic E-state index is 13.1. The third kappa shape index (κ3) is 2.81. The molecule has 1 N–H and O–H groups in total. The van der Waals surface area contributed by atoms with Crippen LogP contribution in [-0.4, -0.2) is 32.8 Å². The summed E-state index contributed by atoms with van der Waals surface area (Å²) in [6.07, 6.45) is 6.71. The molecule has 0 spiro atoms. The van der Waals surface area contributed by atoms with Crippen LogP contribution in [0.3, 0.4) is 0 Å². The third-order valence-electron chi connectivity index (χ3n) is 9.29. The maximum atomic E-state index is 13.1. The molecule has 0 radical (unpaired) electrons. The first-order valence-electron chi connectivity index (χ1n) is 12.2. The Morgan fingerprint density at radius 2 is 1.29 bits per heavy atom. The summed E-state index contributed by atoms with van der Waals surface area (Å²) in [6, 6.07) is 2.75. The second-order valence-corrected chi connectivity index (χ2v) is 10.9. The Labute approximate surface area is 197 Å². The molecule has 1 aliphatic heterocycles. The van der Waals surface area contributed by atoms with Crippen LogP contribution >= 0.6 is 0 Å². The molecule has 7 rings (SSSR count). The van der Waals surface area contributed by atoms with Crippen molar-refractivity contribution < 1.29 is 9.59 Å². The third-order valence-corrected chi connectivity index (χ3v) is 9.29. The van der Waals surface area contributed by atoms with E-state index in [0.29, 0.717) is 42.7 Å². The van der Waals surface area contributed by atoms with Crippen molar-refractivity contribution in [3.05, 3.63) is 65.7 Å². The lowest BCUT2D eigenvalue weighted by molar-refractivity contribution is -0.137.